The molecule has 0 saturated heterocycles. The van der Waals surface area contributed by atoms with E-state index in [-0.39, 0.29) is 5.91 Å². The third-order valence-corrected chi connectivity index (χ3v) is 3.19. The lowest BCUT2D eigenvalue weighted by Crippen LogP contribution is -2.34. The fourth-order valence-corrected chi connectivity index (χ4v) is 1.78. The summed E-state index contributed by atoms with van der Waals surface area (Å²) in [5, 5.41) is 2.86. The van der Waals surface area contributed by atoms with Crippen LogP contribution in [0.15, 0.2) is 18.2 Å². The maximum Gasteiger partial charge on any atom is 0.265 e. The molecule has 1 aromatic rings. The molecule has 1 amide bonds. The molecule has 1 heterocycles. The molecule has 4 heteroatoms. The van der Waals surface area contributed by atoms with Crippen molar-refractivity contribution in [2.24, 2.45) is 0 Å². The molecule has 1 aliphatic heterocycles. The van der Waals surface area contributed by atoms with E-state index in [0.717, 1.165) is 17.0 Å². The number of benzene rings is 1. The maximum atomic E-state index is 11.5. The van der Waals surface area contributed by atoms with Gasteiger partial charge < -0.3 is 15.0 Å². The molecule has 0 bridgehead atoms. The fraction of sp³-hybridized carbons (Fsp3) is 0.462. The van der Waals surface area contributed by atoms with Crippen LogP contribution in [0.3, 0.4) is 0 Å². The number of fused-ring (bicyclic) bond motifs is 1. The number of hydrogen-bond donors (Lipinski definition) is 1. The average Bonchev–Trinajstić information content (AvgIpc) is 2.29. The van der Waals surface area contributed by atoms with Gasteiger partial charge in [-0.1, -0.05) is 6.07 Å². The standard InChI is InChI=1S/C13H18N2O2/c1-8(15(3)4)10-5-6-12-11(7-10)14-13(16)9(2)17-12/h5-9H,1-4H3,(H,14,16). The molecule has 0 spiro atoms. The van der Waals surface area contributed by atoms with E-state index in [9.17, 15) is 4.79 Å². The monoisotopic (exact) mass is 234 g/mol. The van der Waals surface area contributed by atoms with Gasteiger partial charge in [0.15, 0.2) is 6.10 Å². The van der Waals surface area contributed by atoms with Crippen molar-refractivity contribution in [3.63, 3.8) is 0 Å². The van der Waals surface area contributed by atoms with Crippen molar-refractivity contribution < 1.29 is 9.53 Å². The number of anilines is 1. The first kappa shape index (κ1) is 11.9. The predicted molar refractivity (Wildman–Crippen MR) is 67.3 cm³/mol. The summed E-state index contributed by atoms with van der Waals surface area (Å²) in [6.07, 6.45) is -0.417. The maximum absolute atomic E-state index is 11.5. The average molecular weight is 234 g/mol. The summed E-state index contributed by atoms with van der Waals surface area (Å²) in [7, 11) is 4.06. The van der Waals surface area contributed by atoms with E-state index < -0.39 is 6.10 Å². The first-order valence-corrected chi connectivity index (χ1v) is 5.77. The highest BCUT2D eigenvalue weighted by Crippen LogP contribution is 2.32. The van der Waals surface area contributed by atoms with Gasteiger partial charge in [0.1, 0.15) is 5.75 Å². The molecule has 2 rings (SSSR count). The molecule has 0 aromatic heterocycles. The smallest absolute Gasteiger partial charge is 0.265 e. The van der Waals surface area contributed by atoms with Gasteiger partial charge in [-0.25, -0.2) is 0 Å². The number of ether oxygens (including phenoxy) is 1. The summed E-state index contributed by atoms with van der Waals surface area (Å²) in [5.74, 6) is 0.652. The highest BCUT2D eigenvalue weighted by Gasteiger charge is 2.24. The third-order valence-electron chi connectivity index (χ3n) is 3.19. The number of nitrogens with one attached hydrogen (secondary N) is 1. The van der Waals surface area contributed by atoms with Gasteiger partial charge in [0.2, 0.25) is 0 Å². The van der Waals surface area contributed by atoms with E-state index in [1.165, 1.54) is 0 Å². The Morgan fingerprint density at radius 3 is 2.76 bits per heavy atom. The molecule has 1 aliphatic rings. The Morgan fingerprint density at radius 2 is 2.12 bits per heavy atom. The van der Waals surface area contributed by atoms with Crippen molar-refractivity contribution in [2.75, 3.05) is 19.4 Å². The van der Waals surface area contributed by atoms with Gasteiger partial charge in [-0.2, -0.15) is 0 Å². The summed E-state index contributed by atoms with van der Waals surface area (Å²) in [6.45, 7) is 3.87. The quantitative estimate of drug-likeness (QED) is 0.851. The molecule has 0 aliphatic carbocycles. The van der Waals surface area contributed by atoms with Crippen LogP contribution in [0.5, 0.6) is 5.75 Å². The zero-order valence-corrected chi connectivity index (χ0v) is 10.7. The lowest BCUT2D eigenvalue weighted by Gasteiger charge is -2.26. The molecule has 92 valence electrons. The van der Waals surface area contributed by atoms with E-state index in [0.29, 0.717) is 6.04 Å². The Bertz CT molecular complexity index is 443. The van der Waals surface area contributed by atoms with Crippen molar-refractivity contribution >= 4 is 11.6 Å². The second kappa shape index (κ2) is 4.37. The van der Waals surface area contributed by atoms with Crippen molar-refractivity contribution in [3.05, 3.63) is 23.8 Å². The number of carbonyl (C=O) groups is 1. The van der Waals surface area contributed by atoms with Crippen LogP contribution in [0.2, 0.25) is 0 Å². The molecule has 1 aromatic carbocycles. The van der Waals surface area contributed by atoms with E-state index in [1.54, 1.807) is 6.92 Å². The SMILES string of the molecule is CC1Oc2ccc(C(C)N(C)C)cc2NC1=O. The largest absolute Gasteiger partial charge is 0.479 e. The zero-order valence-electron chi connectivity index (χ0n) is 10.7. The van der Waals surface area contributed by atoms with Gasteiger partial charge in [0.25, 0.3) is 5.91 Å². The van der Waals surface area contributed by atoms with Crippen LogP contribution in [-0.2, 0) is 4.79 Å². The second-order valence-electron chi connectivity index (χ2n) is 4.64. The first-order valence-electron chi connectivity index (χ1n) is 5.77. The van der Waals surface area contributed by atoms with Gasteiger partial charge in [0, 0.05) is 6.04 Å². The Balaban J connectivity index is 2.32. The number of nitrogens with zero attached hydrogens (tertiary/aromatic N) is 1. The number of rotatable bonds is 2. The number of hydrogen-bond acceptors (Lipinski definition) is 3. The van der Waals surface area contributed by atoms with E-state index in [4.69, 9.17) is 4.74 Å². The van der Waals surface area contributed by atoms with Crippen LogP contribution in [0.1, 0.15) is 25.5 Å². The molecule has 0 radical (unpaired) electrons. The lowest BCUT2D eigenvalue weighted by molar-refractivity contribution is -0.122. The molecule has 2 unspecified atom stereocenters. The Kier molecular flexibility index (Phi) is 3.07. The van der Waals surface area contributed by atoms with Crippen molar-refractivity contribution in [3.8, 4) is 5.75 Å². The molecule has 0 fully saturated rings. The number of carbonyl (C=O) groups excluding carboxylic acids is 1. The minimum absolute atomic E-state index is 0.0906. The van der Waals surface area contributed by atoms with Crippen molar-refractivity contribution in [1.82, 2.24) is 4.90 Å². The van der Waals surface area contributed by atoms with Gasteiger partial charge in [-0.15, -0.1) is 0 Å². The third kappa shape index (κ3) is 2.26. The van der Waals surface area contributed by atoms with Crippen LogP contribution >= 0.6 is 0 Å². The lowest BCUT2D eigenvalue weighted by atomic mass is 10.1. The van der Waals surface area contributed by atoms with Crippen LogP contribution < -0.4 is 10.1 Å². The molecule has 1 N–H and O–H groups in total. The molecular weight excluding hydrogens is 216 g/mol. The van der Waals surface area contributed by atoms with E-state index in [2.05, 4.69) is 17.1 Å². The summed E-state index contributed by atoms with van der Waals surface area (Å²) in [4.78, 5) is 13.6. The highest BCUT2D eigenvalue weighted by molar-refractivity contribution is 5.97. The van der Waals surface area contributed by atoms with Gasteiger partial charge in [0.05, 0.1) is 5.69 Å². The predicted octanol–water partition coefficient (Wildman–Crippen LogP) is 2.03. The minimum atomic E-state index is -0.417. The highest BCUT2D eigenvalue weighted by atomic mass is 16.5. The van der Waals surface area contributed by atoms with Gasteiger partial charge in [-0.3, -0.25) is 4.79 Å². The molecule has 0 saturated carbocycles. The Hall–Kier alpha value is -1.55. The van der Waals surface area contributed by atoms with Gasteiger partial charge in [-0.05, 0) is 45.6 Å². The fourth-order valence-electron chi connectivity index (χ4n) is 1.78. The topological polar surface area (TPSA) is 41.6 Å². The molecule has 17 heavy (non-hydrogen) atoms. The van der Waals surface area contributed by atoms with Crippen LogP contribution in [0, 0.1) is 0 Å². The molecule has 2 atom stereocenters. The minimum Gasteiger partial charge on any atom is -0.479 e. The van der Waals surface area contributed by atoms with Crippen LogP contribution in [0.25, 0.3) is 0 Å². The molecular formula is C13H18N2O2. The first-order chi connectivity index (χ1) is 7.99. The van der Waals surface area contributed by atoms with E-state index >= 15 is 0 Å². The van der Waals surface area contributed by atoms with Crippen LogP contribution in [-0.4, -0.2) is 31.0 Å². The van der Waals surface area contributed by atoms with Crippen molar-refractivity contribution in [2.45, 2.75) is 26.0 Å². The second-order valence-corrected chi connectivity index (χ2v) is 4.64. The summed E-state index contributed by atoms with van der Waals surface area (Å²) in [6, 6.07) is 6.23. The summed E-state index contributed by atoms with van der Waals surface area (Å²) in [5.41, 5.74) is 1.92. The summed E-state index contributed by atoms with van der Waals surface area (Å²) >= 11 is 0. The van der Waals surface area contributed by atoms with Crippen molar-refractivity contribution in [1.29, 1.82) is 0 Å². The Labute approximate surface area is 102 Å². The Morgan fingerprint density at radius 1 is 1.41 bits per heavy atom. The van der Waals surface area contributed by atoms with Gasteiger partial charge >= 0.3 is 0 Å². The molecule has 4 nitrogen and oxygen atoms in total. The normalized spacial score (nSPS) is 20.5. The zero-order chi connectivity index (χ0) is 12.6. The van der Waals surface area contributed by atoms with Crippen LogP contribution in [0.4, 0.5) is 5.69 Å². The van der Waals surface area contributed by atoms with E-state index in [1.807, 2.05) is 32.3 Å². The summed E-state index contributed by atoms with van der Waals surface area (Å²) < 4.78 is 5.51. The number of amides is 1.